The first kappa shape index (κ1) is 6.92. The van der Waals surface area contributed by atoms with E-state index in [1.54, 1.807) is 0 Å². The lowest BCUT2D eigenvalue weighted by molar-refractivity contribution is 0.433. The van der Waals surface area contributed by atoms with Crippen LogP contribution in [0, 0.1) is 0 Å². The van der Waals surface area contributed by atoms with Gasteiger partial charge in [-0.3, -0.25) is 0 Å². The summed E-state index contributed by atoms with van der Waals surface area (Å²) in [6.45, 7) is 5.73. The lowest BCUT2D eigenvalue weighted by Crippen LogP contribution is -2.48. The highest BCUT2D eigenvalue weighted by Gasteiger charge is 2.14. The Morgan fingerprint density at radius 1 is 1.43 bits per heavy atom. The van der Waals surface area contributed by atoms with Crippen LogP contribution in [0.2, 0.25) is 0 Å². The zero-order valence-corrected chi connectivity index (χ0v) is 5.23. The minimum atomic E-state index is -0.222. The molecule has 0 aromatic carbocycles. The van der Waals surface area contributed by atoms with Crippen LogP contribution in [0.15, 0.2) is 0 Å². The van der Waals surface area contributed by atoms with Gasteiger partial charge in [-0.2, -0.15) is 0 Å². The van der Waals surface area contributed by atoms with Crippen molar-refractivity contribution in [3.8, 4) is 0 Å². The molecule has 0 aliphatic rings. The zero-order valence-electron chi connectivity index (χ0n) is 5.23. The van der Waals surface area contributed by atoms with Gasteiger partial charge < -0.3 is 11.5 Å². The molecule has 0 saturated carbocycles. The van der Waals surface area contributed by atoms with Gasteiger partial charge in [0.1, 0.15) is 0 Å². The van der Waals surface area contributed by atoms with Crippen molar-refractivity contribution >= 4 is 0 Å². The Morgan fingerprint density at radius 3 is 1.57 bits per heavy atom. The largest absolute Gasteiger partial charge is 0.326 e. The fourth-order valence-corrected chi connectivity index (χ4v) is 0. The summed E-state index contributed by atoms with van der Waals surface area (Å²) in [5, 5.41) is 0. The Morgan fingerprint density at radius 2 is 1.57 bits per heavy atom. The Labute approximate surface area is 44.9 Å². The van der Waals surface area contributed by atoms with Gasteiger partial charge in [-0.05, 0) is 20.8 Å². The molecule has 44 valence electrons. The van der Waals surface area contributed by atoms with Crippen molar-refractivity contribution < 1.29 is 0 Å². The predicted molar refractivity (Wildman–Crippen MR) is 31.9 cm³/mol. The highest BCUT2D eigenvalue weighted by Crippen LogP contribution is 1.98. The third-order valence-electron chi connectivity index (χ3n) is 1.17. The molecule has 0 heterocycles. The van der Waals surface area contributed by atoms with E-state index in [9.17, 15) is 0 Å². The Hall–Kier alpha value is -0.0800. The van der Waals surface area contributed by atoms with E-state index in [1.165, 1.54) is 0 Å². The van der Waals surface area contributed by atoms with Crippen LogP contribution < -0.4 is 11.5 Å². The molecule has 0 fully saturated rings. The van der Waals surface area contributed by atoms with Crippen LogP contribution in [-0.2, 0) is 0 Å². The van der Waals surface area contributed by atoms with Crippen LogP contribution in [0.4, 0.5) is 0 Å². The van der Waals surface area contributed by atoms with Crippen LogP contribution in [0.5, 0.6) is 0 Å². The van der Waals surface area contributed by atoms with E-state index in [4.69, 9.17) is 11.5 Å². The second kappa shape index (κ2) is 1.80. The van der Waals surface area contributed by atoms with Gasteiger partial charge in [0.05, 0.1) is 0 Å². The molecule has 0 aromatic heterocycles. The Bertz CT molecular complexity index is 51.6. The summed E-state index contributed by atoms with van der Waals surface area (Å²) in [7, 11) is 0. The summed E-state index contributed by atoms with van der Waals surface area (Å²) >= 11 is 0. The van der Waals surface area contributed by atoms with E-state index in [-0.39, 0.29) is 11.6 Å². The molecule has 0 spiro atoms. The van der Waals surface area contributed by atoms with Gasteiger partial charge in [0.15, 0.2) is 0 Å². The van der Waals surface area contributed by atoms with Gasteiger partial charge in [0.25, 0.3) is 0 Å². The molecule has 7 heavy (non-hydrogen) atoms. The van der Waals surface area contributed by atoms with Crippen molar-refractivity contribution in [1.82, 2.24) is 0 Å². The summed E-state index contributed by atoms with van der Waals surface area (Å²) in [4.78, 5) is 0. The van der Waals surface area contributed by atoms with Gasteiger partial charge in [0.2, 0.25) is 0 Å². The predicted octanol–water partition coefficient (Wildman–Crippen LogP) is 0.0709. The molecular formula is C5H14N2. The lowest BCUT2D eigenvalue weighted by atomic mass is 9.99. The van der Waals surface area contributed by atoms with Gasteiger partial charge in [-0.1, -0.05) is 0 Å². The first-order valence-corrected chi connectivity index (χ1v) is 2.49. The van der Waals surface area contributed by atoms with Crippen LogP contribution in [0.3, 0.4) is 0 Å². The molecule has 0 aliphatic heterocycles. The van der Waals surface area contributed by atoms with E-state index in [1.807, 2.05) is 20.8 Å². The van der Waals surface area contributed by atoms with Crippen LogP contribution in [-0.4, -0.2) is 11.6 Å². The smallest absolute Gasteiger partial charge is 0.0247 e. The van der Waals surface area contributed by atoms with Crippen molar-refractivity contribution in [3.05, 3.63) is 0 Å². The van der Waals surface area contributed by atoms with Crippen LogP contribution in [0.25, 0.3) is 0 Å². The van der Waals surface area contributed by atoms with Gasteiger partial charge in [0, 0.05) is 11.6 Å². The molecule has 2 nitrogen and oxygen atoms in total. The monoisotopic (exact) mass is 102 g/mol. The number of nitrogens with two attached hydrogens (primary N) is 2. The molecule has 1 atom stereocenters. The molecule has 4 N–H and O–H groups in total. The third kappa shape index (κ3) is 2.60. The second-order valence-corrected chi connectivity index (χ2v) is 2.61. The normalized spacial score (nSPS) is 16.7. The molecule has 0 radical (unpaired) electrons. The van der Waals surface area contributed by atoms with Crippen LogP contribution >= 0.6 is 0 Å². The summed E-state index contributed by atoms with van der Waals surface area (Å²) in [6.07, 6.45) is 0. The average molecular weight is 102 g/mol. The van der Waals surface area contributed by atoms with E-state index in [0.29, 0.717) is 0 Å². The molecule has 0 aromatic rings. The standard InChI is InChI=1S/C5H14N2/c1-4(6)5(2,3)7/h4H,6-7H2,1-3H3/t4-/m1/s1. The molecular weight excluding hydrogens is 88.1 g/mol. The van der Waals surface area contributed by atoms with Crippen molar-refractivity contribution in [2.45, 2.75) is 32.4 Å². The summed E-state index contributed by atoms with van der Waals surface area (Å²) in [5.74, 6) is 0. The first-order valence-electron chi connectivity index (χ1n) is 2.49. The Balaban J connectivity index is 3.54. The molecule has 0 unspecified atom stereocenters. The molecule has 0 rings (SSSR count). The van der Waals surface area contributed by atoms with Crippen molar-refractivity contribution in [2.75, 3.05) is 0 Å². The maximum absolute atomic E-state index is 5.55. The van der Waals surface area contributed by atoms with E-state index in [0.717, 1.165) is 0 Å². The first-order chi connectivity index (χ1) is 2.94. The molecule has 2 heteroatoms. The Kier molecular flexibility index (Phi) is 1.78. The van der Waals surface area contributed by atoms with E-state index in [2.05, 4.69) is 0 Å². The third-order valence-corrected chi connectivity index (χ3v) is 1.17. The molecule has 0 amide bonds. The lowest BCUT2D eigenvalue weighted by Gasteiger charge is -2.22. The van der Waals surface area contributed by atoms with Crippen molar-refractivity contribution in [3.63, 3.8) is 0 Å². The fourth-order valence-electron chi connectivity index (χ4n) is 0. The summed E-state index contributed by atoms with van der Waals surface area (Å²) in [6, 6.07) is 0.0764. The molecule has 0 bridgehead atoms. The maximum atomic E-state index is 5.55. The number of rotatable bonds is 1. The molecule has 0 aliphatic carbocycles. The summed E-state index contributed by atoms with van der Waals surface area (Å²) < 4.78 is 0. The topological polar surface area (TPSA) is 52.0 Å². The quantitative estimate of drug-likeness (QED) is 0.492. The summed E-state index contributed by atoms with van der Waals surface area (Å²) in [5.41, 5.74) is 10.8. The van der Waals surface area contributed by atoms with E-state index >= 15 is 0 Å². The number of hydrogen-bond acceptors (Lipinski definition) is 2. The second-order valence-electron chi connectivity index (χ2n) is 2.61. The van der Waals surface area contributed by atoms with Crippen molar-refractivity contribution in [2.24, 2.45) is 11.5 Å². The van der Waals surface area contributed by atoms with Crippen LogP contribution in [0.1, 0.15) is 20.8 Å². The zero-order chi connectivity index (χ0) is 6.08. The van der Waals surface area contributed by atoms with Gasteiger partial charge >= 0.3 is 0 Å². The fraction of sp³-hybridized carbons (Fsp3) is 1.00. The SMILES string of the molecule is C[C@@H](N)C(C)(C)N. The highest BCUT2D eigenvalue weighted by molar-refractivity contribution is 4.80. The van der Waals surface area contributed by atoms with Crippen molar-refractivity contribution in [1.29, 1.82) is 0 Å². The highest BCUT2D eigenvalue weighted by atomic mass is 14.8. The molecule has 0 saturated heterocycles. The van der Waals surface area contributed by atoms with Gasteiger partial charge in [-0.25, -0.2) is 0 Å². The van der Waals surface area contributed by atoms with Gasteiger partial charge in [-0.15, -0.1) is 0 Å². The minimum absolute atomic E-state index is 0.0764. The average Bonchev–Trinajstić information content (AvgIpc) is 1.31. The maximum Gasteiger partial charge on any atom is 0.0247 e. The number of hydrogen-bond donors (Lipinski definition) is 2. The minimum Gasteiger partial charge on any atom is -0.326 e. The van der Waals surface area contributed by atoms with E-state index < -0.39 is 0 Å².